The molecule has 2 saturated heterocycles. The fraction of sp³-hybridized carbons (Fsp3) is 0.323. The number of anilines is 1. The van der Waals surface area contributed by atoms with Crippen molar-refractivity contribution < 1.29 is 14.3 Å². The van der Waals surface area contributed by atoms with Crippen LogP contribution in [0.4, 0.5) is 10.5 Å². The number of fused-ring (bicyclic) bond motifs is 1. The molecule has 0 unspecified atom stereocenters. The number of hydrogen-bond acceptors (Lipinski definition) is 8. The lowest BCUT2D eigenvalue weighted by molar-refractivity contribution is 0.0796. The maximum absolute atomic E-state index is 13.3. The predicted octanol–water partition coefficient (Wildman–Crippen LogP) is 5.92. The Bertz CT molecular complexity index is 1560. The molecule has 2 aliphatic rings. The van der Waals surface area contributed by atoms with Crippen molar-refractivity contribution >= 4 is 29.0 Å². The number of nitrogen functional groups attached to an aromatic ring is 1. The van der Waals surface area contributed by atoms with Gasteiger partial charge in [-0.1, -0.05) is 18.7 Å². The zero-order chi connectivity index (χ0) is 29.7. The Morgan fingerprint density at radius 1 is 1.22 bits per heavy atom. The smallest absolute Gasteiger partial charge is 0.410 e. The SMILES string of the molecule is C=C(C)N(Cc1ccc(C#N)cc1)C(=O)c1cc(N)c(-c2nc(C)c(C#N)s2)cc1C.O=C1OC[C@@H]2CCCCN12. The van der Waals surface area contributed by atoms with Crippen molar-refractivity contribution in [1.29, 1.82) is 10.5 Å². The summed E-state index contributed by atoms with van der Waals surface area (Å²) in [4.78, 5) is 32.7. The molecule has 0 radical (unpaired) electrons. The van der Waals surface area contributed by atoms with E-state index in [1.165, 1.54) is 17.8 Å². The van der Waals surface area contributed by atoms with Crippen molar-refractivity contribution in [3.05, 3.63) is 81.5 Å². The first-order chi connectivity index (χ1) is 19.6. The highest BCUT2D eigenvalue weighted by Gasteiger charge is 2.34. The van der Waals surface area contributed by atoms with Crippen LogP contribution in [0.3, 0.4) is 0 Å². The van der Waals surface area contributed by atoms with Gasteiger partial charge in [0.1, 0.15) is 22.6 Å². The van der Waals surface area contributed by atoms with Crippen molar-refractivity contribution in [1.82, 2.24) is 14.8 Å². The van der Waals surface area contributed by atoms with Gasteiger partial charge in [-0.25, -0.2) is 9.78 Å². The molecule has 9 nitrogen and oxygen atoms in total. The molecule has 0 saturated carbocycles. The molecule has 1 aromatic heterocycles. The summed E-state index contributed by atoms with van der Waals surface area (Å²) in [6, 6.07) is 15.2. The van der Waals surface area contributed by atoms with Crippen LogP contribution in [0.1, 0.15) is 63.8 Å². The summed E-state index contributed by atoms with van der Waals surface area (Å²) in [5.41, 5.74) is 11.4. The minimum Gasteiger partial charge on any atom is -0.447 e. The second-order valence-electron chi connectivity index (χ2n) is 10.2. The van der Waals surface area contributed by atoms with Crippen molar-refractivity contribution in [2.45, 2.75) is 52.6 Å². The molecule has 3 aromatic rings. The molecule has 2 fully saturated rings. The number of nitrogens with two attached hydrogens (primary N) is 1. The number of rotatable bonds is 5. The van der Waals surface area contributed by atoms with Gasteiger partial charge in [-0.3, -0.25) is 4.79 Å². The highest BCUT2D eigenvalue weighted by Crippen LogP contribution is 2.34. The zero-order valence-corrected chi connectivity index (χ0v) is 24.3. The van der Waals surface area contributed by atoms with Crippen LogP contribution in [-0.4, -0.2) is 46.0 Å². The number of allylic oxidation sites excluding steroid dienone is 1. The van der Waals surface area contributed by atoms with E-state index < -0.39 is 0 Å². The number of aromatic nitrogens is 1. The highest BCUT2D eigenvalue weighted by atomic mass is 32.1. The lowest BCUT2D eigenvalue weighted by Gasteiger charge is -2.25. The molecule has 5 rings (SSSR count). The molecule has 10 heteroatoms. The number of piperidine rings is 1. The average molecular weight is 569 g/mol. The minimum atomic E-state index is -0.208. The minimum absolute atomic E-state index is 0.107. The third kappa shape index (κ3) is 6.56. The molecule has 0 aliphatic carbocycles. The number of ether oxygens (including phenoxy) is 1. The molecule has 2 aliphatic heterocycles. The summed E-state index contributed by atoms with van der Waals surface area (Å²) in [5, 5.41) is 18.8. The Labute approximate surface area is 244 Å². The summed E-state index contributed by atoms with van der Waals surface area (Å²) in [6.07, 6.45) is 3.42. The maximum atomic E-state index is 13.3. The number of amides is 2. The van der Waals surface area contributed by atoms with Gasteiger partial charge >= 0.3 is 6.09 Å². The van der Waals surface area contributed by atoms with Gasteiger partial charge in [-0.15, -0.1) is 11.3 Å². The third-order valence-electron chi connectivity index (χ3n) is 7.15. The first kappa shape index (κ1) is 29.3. The Morgan fingerprint density at radius 2 is 1.95 bits per heavy atom. The van der Waals surface area contributed by atoms with E-state index in [0.29, 0.717) is 62.8 Å². The summed E-state index contributed by atoms with van der Waals surface area (Å²) < 4.78 is 4.89. The van der Waals surface area contributed by atoms with Gasteiger partial charge in [-0.05, 0) is 75.4 Å². The first-order valence-corrected chi connectivity index (χ1v) is 14.1. The molecule has 1 atom stereocenters. The first-order valence-electron chi connectivity index (χ1n) is 13.3. The van der Waals surface area contributed by atoms with Crippen molar-refractivity contribution in [3.8, 4) is 22.7 Å². The van der Waals surface area contributed by atoms with Gasteiger partial charge in [0.2, 0.25) is 0 Å². The summed E-state index contributed by atoms with van der Waals surface area (Å²) in [7, 11) is 0. The van der Waals surface area contributed by atoms with Gasteiger partial charge in [0.05, 0.1) is 29.9 Å². The van der Waals surface area contributed by atoms with Crippen LogP contribution in [0.15, 0.2) is 48.7 Å². The number of nitrogens with zero attached hydrogens (tertiary/aromatic N) is 5. The standard InChI is InChI=1S/C24H21N5OS.C7H11NO2/c1-14(2)29(13-18-7-5-17(11-25)6-8-18)24(30)19-10-21(27)20(9-15(19)3)23-28-16(4)22(12-26)31-23;9-7-8-4-2-1-3-6(8)5-10-7/h5-10H,1,13,27H2,2-4H3;6H,1-5H2/t;6-/m.0/s1. The number of hydrogen-bond donors (Lipinski definition) is 1. The largest absolute Gasteiger partial charge is 0.447 e. The number of cyclic esters (lactones) is 1. The van der Waals surface area contributed by atoms with Crippen LogP contribution in [0.5, 0.6) is 0 Å². The molecule has 2 aromatic carbocycles. The second-order valence-corrected chi connectivity index (χ2v) is 11.2. The molecule has 2 N–H and O–H groups in total. The van der Waals surface area contributed by atoms with Crippen LogP contribution in [0.2, 0.25) is 0 Å². The van der Waals surface area contributed by atoms with Crippen LogP contribution in [0.25, 0.3) is 10.6 Å². The maximum Gasteiger partial charge on any atom is 0.410 e. The monoisotopic (exact) mass is 568 g/mol. The topological polar surface area (TPSA) is 136 Å². The Morgan fingerprint density at radius 3 is 2.56 bits per heavy atom. The number of carbonyl (C=O) groups excluding carboxylic acids is 2. The molecule has 0 spiro atoms. The molecule has 3 heterocycles. The van der Waals surface area contributed by atoms with Crippen LogP contribution in [-0.2, 0) is 11.3 Å². The fourth-order valence-electron chi connectivity index (χ4n) is 4.81. The average Bonchev–Trinajstić information content (AvgIpc) is 3.54. The van der Waals surface area contributed by atoms with Gasteiger partial charge in [-0.2, -0.15) is 10.5 Å². The van der Waals surface area contributed by atoms with Gasteiger partial charge in [0.15, 0.2) is 0 Å². The second kappa shape index (κ2) is 12.7. The molecular weight excluding hydrogens is 536 g/mol. The van der Waals surface area contributed by atoms with E-state index >= 15 is 0 Å². The lowest BCUT2D eigenvalue weighted by Crippen LogP contribution is -2.37. The quantitative estimate of drug-likeness (QED) is 0.377. The van der Waals surface area contributed by atoms with Crippen molar-refractivity contribution in [2.75, 3.05) is 18.9 Å². The Kier molecular flexibility index (Phi) is 9.06. The molecule has 41 heavy (non-hydrogen) atoms. The van der Waals surface area contributed by atoms with E-state index in [2.05, 4.69) is 23.7 Å². The number of aryl methyl sites for hydroxylation is 2. The van der Waals surface area contributed by atoms with E-state index in [0.717, 1.165) is 30.5 Å². The van der Waals surface area contributed by atoms with Crippen molar-refractivity contribution in [2.24, 2.45) is 0 Å². The lowest BCUT2D eigenvalue weighted by atomic mass is 10.0. The molecule has 0 bridgehead atoms. The van der Waals surface area contributed by atoms with Gasteiger partial charge in [0, 0.05) is 29.1 Å². The van der Waals surface area contributed by atoms with E-state index in [1.807, 2.05) is 30.0 Å². The number of benzene rings is 2. The normalized spacial score (nSPS) is 15.5. The summed E-state index contributed by atoms with van der Waals surface area (Å²) >= 11 is 1.28. The Hall–Kier alpha value is -4.67. The van der Waals surface area contributed by atoms with Gasteiger partial charge < -0.3 is 20.3 Å². The van der Waals surface area contributed by atoms with Crippen molar-refractivity contribution in [3.63, 3.8) is 0 Å². The van der Waals surface area contributed by atoms with E-state index in [1.54, 1.807) is 36.9 Å². The molecule has 210 valence electrons. The van der Waals surface area contributed by atoms with E-state index in [-0.39, 0.29) is 12.0 Å². The predicted molar refractivity (Wildman–Crippen MR) is 158 cm³/mol. The fourth-order valence-corrected chi connectivity index (χ4v) is 5.71. The third-order valence-corrected chi connectivity index (χ3v) is 8.24. The molecule has 2 amide bonds. The summed E-state index contributed by atoms with van der Waals surface area (Å²) in [5.74, 6) is -0.208. The highest BCUT2D eigenvalue weighted by molar-refractivity contribution is 7.15. The zero-order valence-electron chi connectivity index (χ0n) is 23.4. The summed E-state index contributed by atoms with van der Waals surface area (Å²) in [6.45, 7) is 11.2. The van der Waals surface area contributed by atoms with E-state index in [4.69, 9.17) is 15.7 Å². The van der Waals surface area contributed by atoms with Gasteiger partial charge in [0.25, 0.3) is 5.91 Å². The van der Waals surface area contributed by atoms with Crippen LogP contribution >= 0.6 is 11.3 Å². The number of carbonyl (C=O) groups is 2. The van der Waals surface area contributed by atoms with Crippen LogP contribution in [0, 0.1) is 36.5 Å². The molecular formula is C31H32N6O3S. The van der Waals surface area contributed by atoms with E-state index in [9.17, 15) is 14.9 Å². The Balaban J connectivity index is 0.000000322. The van der Waals surface area contributed by atoms with Crippen LogP contribution < -0.4 is 5.73 Å². The number of nitriles is 2. The number of thiazole rings is 1.